The number of ether oxygens (including phenoxy) is 2. The molecule has 2 aromatic rings. The minimum Gasteiger partial charge on any atom is -0.493 e. The minimum absolute atomic E-state index is 0.260. The average molecular weight is 279 g/mol. The van der Waals surface area contributed by atoms with E-state index in [1.54, 1.807) is 33.3 Å². The predicted molar refractivity (Wildman–Crippen MR) is 73.0 cm³/mol. The van der Waals surface area contributed by atoms with Crippen LogP contribution in [0.3, 0.4) is 0 Å². The molecule has 0 aliphatic heterocycles. The van der Waals surface area contributed by atoms with Crippen molar-refractivity contribution >= 4 is 6.01 Å². The molecular weight excluding hydrogens is 262 g/mol. The van der Waals surface area contributed by atoms with Crippen molar-refractivity contribution in [2.24, 2.45) is 0 Å². The van der Waals surface area contributed by atoms with Gasteiger partial charge in [-0.25, -0.2) is 0 Å². The van der Waals surface area contributed by atoms with Crippen molar-refractivity contribution < 1.29 is 19.1 Å². The minimum atomic E-state index is -0.494. The molecule has 0 fully saturated rings. The second-order valence-electron chi connectivity index (χ2n) is 4.22. The van der Waals surface area contributed by atoms with E-state index in [9.17, 15) is 5.11 Å². The molecule has 1 aromatic carbocycles. The van der Waals surface area contributed by atoms with Crippen molar-refractivity contribution in [3.63, 3.8) is 0 Å². The van der Waals surface area contributed by atoms with Gasteiger partial charge in [0.05, 0.1) is 20.3 Å². The second kappa shape index (κ2) is 6.25. The van der Waals surface area contributed by atoms with Crippen molar-refractivity contribution in [1.29, 1.82) is 0 Å². The first-order valence-electron chi connectivity index (χ1n) is 6.12. The molecule has 108 valence electrons. The number of aromatic nitrogens is 2. The maximum Gasteiger partial charge on any atom is 0.321 e. The van der Waals surface area contributed by atoms with Gasteiger partial charge in [-0.15, -0.1) is 0 Å². The van der Waals surface area contributed by atoms with Crippen LogP contribution in [0.4, 0.5) is 6.01 Å². The number of anilines is 1. The Bertz CT molecular complexity index is 568. The van der Waals surface area contributed by atoms with Crippen molar-refractivity contribution in [2.75, 3.05) is 26.1 Å². The van der Waals surface area contributed by atoms with Gasteiger partial charge in [-0.3, -0.25) is 0 Å². The lowest BCUT2D eigenvalue weighted by Crippen LogP contribution is -2.15. The normalized spacial score (nSPS) is 12.0. The van der Waals surface area contributed by atoms with Crippen molar-refractivity contribution in [3.05, 3.63) is 18.2 Å². The van der Waals surface area contributed by atoms with E-state index in [-0.39, 0.29) is 6.01 Å². The highest BCUT2D eigenvalue weighted by molar-refractivity contribution is 5.61. The number of nitrogens with one attached hydrogen (secondary N) is 1. The molecule has 1 aromatic heterocycles. The van der Waals surface area contributed by atoms with E-state index in [2.05, 4.69) is 15.5 Å². The van der Waals surface area contributed by atoms with Gasteiger partial charge >= 0.3 is 6.01 Å². The molecule has 1 atom stereocenters. The molecule has 2 N–H and O–H groups in total. The standard InChI is InChI=1S/C13H17N3O4/c1-8(17)7-14-13-15-12(16-20-13)9-4-5-10(18-2)11(6-9)19-3/h4-6,8,17H,7H2,1-3H3,(H,14,15,16)/t8-/m0/s1. The summed E-state index contributed by atoms with van der Waals surface area (Å²) in [6.45, 7) is 2.01. The van der Waals surface area contributed by atoms with Crippen molar-refractivity contribution in [2.45, 2.75) is 13.0 Å². The van der Waals surface area contributed by atoms with E-state index >= 15 is 0 Å². The zero-order chi connectivity index (χ0) is 14.5. The Morgan fingerprint density at radius 3 is 2.70 bits per heavy atom. The zero-order valence-electron chi connectivity index (χ0n) is 11.6. The van der Waals surface area contributed by atoms with Crippen molar-refractivity contribution in [1.82, 2.24) is 10.1 Å². The number of nitrogens with zero attached hydrogens (tertiary/aromatic N) is 2. The molecule has 7 heteroatoms. The summed E-state index contributed by atoms with van der Waals surface area (Å²) in [7, 11) is 3.14. The van der Waals surface area contributed by atoms with Crippen LogP contribution < -0.4 is 14.8 Å². The van der Waals surface area contributed by atoms with E-state index in [4.69, 9.17) is 14.0 Å². The lowest BCUT2D eigenvalue weighted by Gasteiger charge is -2.07. The second-order valence-corrected chi connectivity index (χ2v) is 4.22. The molecule has 0 bridgehead atoms. The maximum atomic E-state index is 9.18. The van der Waals surface area contributed by atoms with E-state index in [1.807, 2.05) is 6.07 Å². The molecular formula is C13H17N3O4. The molecule has 2 rings (SSSR count). The summed E-state index contributed by atoms with van der Waals surface area (Å²) < 4.78 is 15.4. The van der Waals surface area contributed by atoms with Crippen LogP contribution in [0, 0.1) is 0 Å². The molecule has 0 unspecified atom stereocenters. The Hall–Kier alpha value is -2.28. The van der Waals surface area contributed by atoms with Gasteiger partial charge in [0, 0.05) is 12.1 Å². The molecule has 0 aliphatic rings. The van der Waals surface area contributed by atoms with Crippen LogP contribution in [0.25, 0.3) is 11.4 Å². The van der Waals surface area contributed by atoms with Gasteiger partial charge in [0.1, 0.15) is 0 Å². The van der Waals surface area contributed by atoms with E-state index in [1.165, 1.54) is 0 Å². The topological polar surface area (TPSA) is 89.6 Å². The molecule has 20 heavy (non-hydrogen) atoms. The Labute approximate surface area is 116 Å². The fourth-order valence-electron chi connectivity index (χ4n) is 1.62. The van der Waals surface area contributed by atoms with Gasteiger partial charge in [0.25, 0.3) is 0 Å². The lowest BCUT2D eigenvalue weighted by atomic mass is 10.2. The number of benzene rings is 1. The Kier molecular flexibility index (Phi) is 4.41. The van der Waals surface area contributed by atoms with Gasteiger partial charge in [0.2, 0.25) is 5.82 Å². The summed E-state index contributed by atoms with van der Waals surface area (Å²) in [6, 6.07) is 5.61. The molecule has 0 aliphatic carbocycles. The third-order valence-electron chi connectivity index (χ3n) is 2.62. The third-order valence-corrected chi connectivity index (χ3v) is 2.62. The molecule has 1 heterocycles. The van der Waals surface area contributed by atoms with Gasteiger partial charge in [-0.2, -0.15) is 4.98 Å². The summed E-state index contributed by atoms with van der Waals surface area (Å²) in [4.78, 5) is 4.19. The number of methoxy groups -OCH3 is 2. The fraction of sp³-hybridized carbons (Fsp3) is 0.385. The Morgan fingerprint density at radius 1 is 1.30 bits per heavy atom. The molecule has 0 saturated carbocycles. The molecule has 7 nitrogen and oxygen atoms in total. The first kappa shape index (κ1) is 14.1. The van der Waals surface area contributed by atoms with Crippen LogP contribution in [-0.4, -0.2) is 42.1 Å². The third kappa shape index (κ3) is 3.18. The summed E-state index contributed by atoms with van der Waals surface area (Å²) in [5.41, 5.74) is 0.747. The number of rotatable bonds is 6. The molecule has 0 amide bonds. The van der Waals surface area contributed by atoms with E-state index < -0.39 is 6.10 Å². The summed E-state index contributed by atoms with van der Waals surface area (Å²) in [5, 5.41) is 15.9. The van der Waals surface area contributed by atoms with Crippen LogP contribution in [-0.2, 0) is 0 Å². The number of hydrogen-bond acceptors (Lipinski definition) is 7. The quantitative estimate of drug-likeness (QED) is 0.829. The highest BCUT2D eigenvalue weighted by Crippen LogP contribution is 2.31. The SMILES string of the molecule is COc1ccc(-c2noc(NC[C@H](C)O)n2)cc1OC. The molecule has 0 saturated heterocycles. The number of aliphatic hydroxyl groups is 1. The monoisotopic (exact) mass is 279 g/mol. The van der Waals surface area contributed by atoms with Crippen LogP contribution in [0.1, 0.15) is 6.92 Å². The Morgan fingerprint density at radius 2 is 2.05 bits per heavy atom. The summed E-state index contributed by atoms with van der Waals surface area (Å²) in [6.07, 6.45) is -0.494. The van der Waals surface area contributed by atoms with Crippen LogP contribution in [0.15, 0.2) is 22.7 Å². The fourth-order valence-corrected chi connectivity index (χ4v) is 1.62. The average Bonchev–Trinajstić information content (AvgIpc) is 2.93. The Balaban J connectivity index is 2.19. The van der Waals surface area contributed by atoms with Gasteiger partial charge < -0.3 is 24.4 Å². The van der Waals surface area contributed by atoms with E-state index in [0.717, 1.165) is 5.56 Å². The van der Waals surface area contributed by atoms with Gasteiger partial charge in [-0.05, 0) is 25.1 Å². The molecule has 0 spiro atoms. The van der Waals surface area contributed by atoms with Crippen LogP contribution in [0.5, 0.6) is 11.5 Å². The smallest absolute Gasteiger partial charge is 0.321 e. The maximum absolute atomic E-state index is 9.18. The van der Waals surface area contributed by atoms with Crippen LogP contribution in [0.2, 0.25) is 0 Å². The summed E-state index contributed by atoms with van der Waals surface area (Å²) >= 11 is 0. The van der Waals surface area contributed by atoms with Gasteiger partial charge in [0.15, 0.2) is 11.5 Å². The van der Waals surface area contributed by atoms with Crippen molar-refractivity contribution in [3.8, 4) is 22.9 Å². The highest BCUT2D eigenvalue weighted by atomic mass is 16.5. The summed E-state index contributed by atoms with van der Waals surface area (Å²) in [5.74, 6) is 1.65. The van der Waals surface area contributed by atoms with Gasteiger partial charge in [-0.1, -0.05) is 5.16 Å². The van der Waals surface area contributed by atoms with E-state index in [0.29, 0.717) is 23.9 Å². The number of hydrogen-bond donors (Lipinski definition) is 2. The number of aliphatic hydroxyl groups excluding tert-OH is 1. The highest BCUT2D eigenvalue weighted by Gasteiger charge is 2.12. The van der Waals surface area contributed by atoms with Crippen LogP contribution >= 0.6 is 0 Å². The largest absolute Gasteiger partial charge is 0.493 e. The predicted octanol–water partition coefficient (Wildman–Crippen LogP) is 1.55. The molecule has 0 radical (unpaired) electrons. The zero-order valence-corrected chi connectivity index (χ0v) is 11.6. The first-order valence-corrected chi connectivity index (χ1v) is 6.12. The first-order chi connectivity index (χ1) is 9.63. The lowest BCUT2D eigenvalue weighted by molar-refractivity contribution is 0.207.